The number of hydrogen-bond donors (Lipinski definition) is 1. The Morgan fingerprint density at radius 2 is 2.19 bits per heavy atom. The van der Waals surface area contributed by atoms with Crippen molar-refractivity contribution in [2.75, 3.05) is 18.4 Å². The van der Waals surface area contributed by atoms with Crippen LogP contribution in [-0.4, -0.2) is 27.7 Å². The van der Waals surface area contributed by atoms with E-state index < -0.39 is 0 Å². The summed E-state index contributed by atoms with van der Waals surface area (Å²) in [6.45, 7) is 1.88. The number of nitrogens with one attached hydrogen (secondary N) is 1. The van der Waals surface area contributed by atoms with E-state index in [9.17, 15) is 5.21 Å². The van der Waals surface area contributed by atoms with E-state index in [1.165, 1.54) is 17.5 Å². The molecule has 21 heavy (non-hydrogen) atoms. The smallest absolute Gasteiger partial charge is 0.189 e. The van der Waals surface area contributed by atoms with Crippen LogP contribution in [0.15, 0.2) is 24.5 Å². The van der Waals surface area contributed by atoms with E-state index >= 15 is 0 Å². The van der Waals surface area contributed by atoms with Crippen LogP contribution in [0, 0.1) is 16.5 Å². The average molecular weight is 301 g/mol. The number of likely N-dealkylation sites (tertiary alicyclic amines) is 1. The van der Waals surface area contributed by atoms with E-state index in [-0.39, 0.29) is 4.65 Å². The molecule has 2 aromatic heterocycles. The van der Waals surface area contributed by atoms with E-state index in [4.69, 9.17) is 5.26 Å². The Kier molecular flexibility index (Phi) is 3.84. The minimum Gasteiger partial charge on any atom is -0.633 e. The van der Waals surface area contributed by atoms with Crippen molar-refractivity contribution in [2.45, 2.75) is 19.4 Å². The van der Waals surface area contributed by atoms with Crippen LogP contribution in [-0.2, 0) is 6.54 Å². The molecule has 0 bridgehead atoms. The van der Waals surface area contributed by atoms with Crippen molar-refractivity contribution in [1.29, 1.82) is 5.26 Å². The predicted octanol–water partition coefficient (Wildman–Crippen LogP) is 2.76. The van der Waals surface area contributed by atoms with E-state index in [1.807, 2.05) is 18.2 Å². The maximum absolute atomic E-state index is 12.4. The highest BCUT2D eigenvalue weighted by molar-refractivity contribution is 7.16. The zero-order valence-electron chi connectivity index (χ0n) is 11.5. The van der Waals surface area contributed by atoms with E-state index in [2.05, 4.69) is 15.3 Å². The highest BCUT2D eigenvalue weighted by Crippen LogP contribution is 2.24. The fourth-order valence-corrected chi connectivity index (χ4v) is 3.16. The summed E-state index contributed by atoms with van der Waals surface area (Å²) in [5.41, 5.74) is 0.974. The van der Waals surface area contributed by atoms with E-state index in [0.29, 0.717) is 35.5 Å². The average Bonchev–Trinajstić information content (AvgIpc) is 3.08. The normalized spacial score (nSPS) is 16.6. The molecule has 0 unspecified atom stereocenters. The van der Waals surface area contributed by atoms with Gasteiger partial charge in [-0.25, -0.2) is 9.97 Å². The summed E-state index contributed by atoms with van der Waals surface area (Å²) in [6.07, 6.45) is 5.24. The molecular formula is C14H15N5OS. The highest BCUT2D eigenvalue weighted by atomic mass is 32.1. The van der Waals surface area contributed by atoms with Gasteiger partial charge in [-0.3, -0.25) is 0 Å². The standard InChI is InChI=1S/C14H15N5OS/c15-8-12-9-17-14(21-12)18-13-7-11(3-4-16-13)10-19(20)5-1-2-6-19/h3-4,7,9H,1-2,5-6,10H2,(H,16,17,18). The number of pyridine rings is 1. The summed E-state index contributed by atoms with van der Waals surface area (Å²) >= 11 is 1.28. The van der Waals surface area contributed by atoms with Crippen LogP contribution < -0.4 is 5.32 Å². The van der Waals surface area contributed by atoms with Gasteiger partial charge in [-0.2, -0.15) is 5.26 Å². The second-order valence-corrected chi connectivity index (χ2v) is 6.22. The zero-order valence-corrected chi connectivity index (χ0v) is 12.3. The number of hydrogen-bond acceptors (Lipinski definition) is 6. The number of hydroxylamine groups is 3. The Labute approximate surface area is 126 Å². The number of quaternary nitrogens is 1. The van der Waals surface area contributed by atoms with Gasteiger partial charge >= 0.3 is 0 Å². The quantitative estimate of drug-likeness (QED) is 0.693. The first-order valence-electron chi connectivity index (χ1n) is 6.82. The van der Waals surface area contributed by atoms with Crippen molar-refractivity contribution in [3.63, 3.8) is 0 Å². The molecule has 0 atom stereocenters. The maximum atomic E-state index is 12.4. The largest absolute Gasteiger partial charge is 0.633 e. The highest BCUT2D eigenvalue weighted by Gasteiger charge is 2.23. The van der Waals surface area contributed by atoms with Gasteiger partial charge < -0.3 is 15.2 Å². The first-order valence-corrected chi connectivity index (χ1v) is 7.63. The molecule has 3 rings (SSSR count). The number of thiazole rings is 1. The fourth-order valence-electron chi connectivity index (χ4n) is 2.54. The molecule has 1 saturated heterocycles. The van der Waals surface area contributed by atoms with Crippen molar-refractivity contribution in [3.05, 3.63) is 40.2 Å². The van der Waals surface area contributed by atoms with Crippen LogP contribution in [0.4, 0.5) is 10.9 Å². The second-order valence-electron chi connectivity index (χ2n) is 5.19. The molecule has 1 N–H and O–H groups in total. The number of rotatable bonds is 4. The maximum Gasteiger partial charge on any atom is 0.189 e. The van der Waals surface area contributed by atoms with Crippen LogP contribution in [0.25, 0.3) is 0 Å². The number of nitrogens with zero attached hydrogens (tertiary/aromatic N) is 4. The fraction of sp³-hybridized carbons (Fsp3) is 0.357. The lowest BCUT2D eigenvalue weighted by Crippen LogP contribution is -2.37. The number of aromatic nitrogens is 2. The van der Waals surface area contributed by atoms with Crippen LogP contribution >= 0.6 is 11.3 Å². The molecule has 7 heteroatoms. The molecule has 1 aliphatic heterocycles. The number of nitriles is 1. The molecular weight excluding hydrogens is 286 g/mol. The third kappa shape index (κ3) is 3.36. The third-order valence-electron chi connectivity index (χ3n) is 3.53. The van der Waals surface area contributed by atoms with Gasteiger partial charge in [0.2, 0.25) is 0 Å². The van der Waals surface area contributed by atoms with Crippen molar-refractivity contribution < 1.29 is 4.65 Å². The first-order chi connectivity index (χ1) is 10.2. The predicted molar refractivity (Wildman–Crippen MR) is 80.6 cm³/mol. The zero-order chi connectivity index (χ0) is 14.7. The summed E-state index contributed by atoms with van der Waals surface area (Å²) in [6, 6.07) is 5.81. The van der Waals surface area contributed by atoms with Crippen LogP contribution in [0.3, 0.4) is 0 Å². The SMILES string of the molecule is N#Cc1cnc(Nc2cc(C[N+]3([O-])CCCC3)ccn2)s1. The minimum atomic E-state index is -0.140. The van der Waals surface area contributed by atoms with Gasteiger partial charge in [-0.1, -0.05) is 11.3 Å². The molecule has 1 fully saturated rings. The van der Waals surface area contributed by atoms with E-state index in [0.717, 1.165) is 18.4 Å². The van der Waals surface area contributed by atoms with Gasteiger partial charge in [0.1, 0.15) is 23.3 Å². The third-order valence-corrected chi connectivity index (χ3v) is 4.34. The Morgan fingerprint density at radius 3 is 2.90 bits per heavy atom. The summed E-state index contributed by atoms with van der Waals surface area (Å²) in [4.78, 5) is 8.89. The lowest BCUT2D eigenvalue weighted by molar-refractivity contribution is -0.881. The molecule has 0 spiro atoms. The van der Waals surface area contributed by atoms with Gasteiger partial charge in [-0.05, 0) is 12.1 Å². The Bertz CT molecular complexity index is 672. The molecule has 0 aromatic carbocycles. The van der Waals surface area contributed by atoms with Crippen LogP contribution in [0.1, 0.15) is 23.3 Å². The minimum absolute atomic E-state index is 0.140. The van der Waals surface area contributed by atoms with Crippen molar-refractivity contribution in [1.82, 2.24) is 9.97 Å². The van der Waals surface area contributed by atoms with Crippen molar-refractivity contribution in [3.8, 4) is 6.07 Å². The summed E-state index contributed by atoms with van der Waals surface area (Å²) in [5, 5.41) is 24.9. The number of anilines is 2. The molecule has 1 aliphatic rings. The molecule has 0 saturated carbocycles. The summed E-state index contributed by atoms with van der Waals surface area (Å²) in [7, 11) is 0. The van der Waals surface area contributed by atoms with Gasteiger partial charge in [0, 0.05) is 24.6 Å². The van der Waals surface area contributed by atoms with E-state index in [1.54, 1.807) is 6.20 Å². The molecule has 0 radical (unpaired) electrons. The summed E-state index contributed by atoms with van der Waals surface area (Å²) in [5.74, 6) is 0.650. The lowest BCUT2D eigenvalue weighted by atomic mass is 10.2. The van der Waals surface area contributed by atoms with Gasteiger partial charge in [0.05, 0.1) is 19.3 Å². The molecule has 0 amide bonds. The van der Waals surface area contributed by atoms with Crippen molar-refractivity contribution in [2.24, 2.45) is 0 Å². The molecule has 108 valence electrons. The summed E-state index contributed by atoms with van der Waals surface area (Å²) < 4.78 is -0.140. The van der Waals surface area contributed by atoms with Gasteiger partial charge in [0.25, 0.3) is 0 Å². The van der Waals surface area contributed by atoms with Crippen molar-refractivity contribution >= 4 is 22.3 Å². The topological polar surface area (TPSA) is 84.7 Å². The molecule has 6 nitrogen and oxygen atoms in total. The molecule has 3 heterocycles. The van der Waals surface area contributed by atoms with Gasteiger partial charge in [-0.15, -0.1) is 0 Å². The molecule has 0 aliphatic carbocycles. The first kappa shape index (κ1) is 13.9. The monoisotopic (exact) mass is 301 g/mol. The Morgan fingerprint density at radius 1 is 1.38 bits per heavy atom. The Balaban J connectivity index is 1.72. The lowest BCUT2D eigenvalue weighted by Gasteiger charge is -2.38. The Hall–Kier alpha value is -2.01. The van der Waals surface area contributed by atoms with Crippen LogP contribution in [0.2, 0.25) is 0 Å². The second kappa shape index (κ2) is 5.77. The van der Waals surface area contributed by atoms with Gasteiger partial charge in [0.15, 0.2) is 5.13 Å². The molecule has 2 aromatic rings. The van der Waals surface area contributed by atoms with Crippen LogP contribution in [0.5, 0.6) is 0 Å².